The van der Waals surface area contributed by atoms with Gasteiger partial charge in [0.05, 0.1) is 12.5 Å². The summed E-state index contributed by atoms with van der Waals surface area (Å²) in [5, 5.41) is 5.10. The highest BCUT2D eigenvalue weighted by molar-refractivity contribution is 6.29. The number of alkyl halides is 5. The number of fused-ring (bicyclic) bond motifs is 1. The zero-order valence-corrected chi connectivity index (χ0v) is 22.1. The third-order valence-electron chi connectivity index (χ3n) is 9.50. The van der Waals surface area contributed by atoms with Crippen LogP contribution in [-0.2, 0) is 24.0 Å². The normalized spacial score (nSPS) is 35.0. The molecule has 0 aromatic heterocycles. The van der Waals surface area contributed by atoms with Crippen LogP contribution in [0, 0.1) is 34.5 Å². The second-order valence-electron chi connectivity index (χ2n) is 12.1. The van der Waals surface area contributed by atoms with E-state index in [-0.39, 0.29) is 36.2 Å². The van der Waals surface area contributed by atoms with Crippen LogP contribution in [0.1, 0.15) is 39.5 Å². The molecule has 6 fully saturated rings. The smallest absolute Gasteiger partial charge is 0.356 e. The van der Waals surface area contributed by atoms with Crippen molar-refractivity contribution in [2.75, 3.05) is 19.6 Å². The van der Waals surface area contributed by atoms with Gasteiger partial charge in [-0.15, -0.1) is 0 Å². The first-order valence-electron chi connectivity index (χ1n) is 12.9. The minimum absolute atomic E-state index is 0.0761. The van der Waals surface area contributed by atoms with Crippen molar-refractivity contribution in [3.05, 3.63) is 0 Å². The van der Waals surface area contributed by atoms with E-state index in [0.29, 0.717) is 43.2 Å². The molecule has 2 bridgehead atoms. The summed E-state index contributed by atoms with van der Waals surface area (Å²) in [5.41, 5.74) is -1.35. The summed E-state index contributed by atoms with van der Waals surface area (Å²) >= 11 is 5.35. The van der Waals surface area contributed by atoms with Crippen LogP contribution >= 0.6 is 11.6 Å². The van der Waals surface area contributed by atoms with E-state index in [1.165, 1.54) is 4.90 Å². The summed E-state index contributed by atoms with van der Waals surface area (Å²) in [7, 11) is 0. The number of hydrazine groups is 1. The van der Waals surface area contributed by atoms with Gasteiger partial charge in [0.15, 0.2) is 0 Å². The molecule has 2 aliphatic heterocycles. The molecular weight excluding hydrogens is 550 g/mol. The molecule has 0 unspecified atom stereocenters. The summed E-state index contributed by atoms with van der Waals surface area (Å²) < 4.78 is 53.1. The summed E-state index contributed by atoms with van der Waals surface area (Å²) in [5.74, 6) is -6.47. The van der Waals surface area contributed by atoms with Crippen LogP contribution < -0.4 is 16.1 Å². The molecule has 4 aliphatic carbocycles. The minimum Gasteiger partial charge on any atom is -0.356 e. The Morgan fingerprint density at radius 3 is 2.33 bits per heavy atom. The van der Waals surface area contributed by atoms with E-state index < -0.39 is 58.9 Å². The van der Waals surface area contributed by atoms with Crippen LogP contribution in [0.3, 0.4) is 0 Å². The van der Waals surface area contributed by atoms with Gasteiger partial charge in [-0.3, -0.25) is 29.4 Å². The van der Waals surface area contributed by atoms with Gasteiger partial charge in [-0.1, -0.05) is 25.4 Å². The van der Waals surface area contributed by atoms with Gasteiger partial charge in [0, 0.05) is 18.5 Å². The average molecular weight is 580 g/mol. The van der Waals surface area contributed by atoms with Gasteiger partial charge in [0.1, 0.15) is 12.1 Å². The van der Waals surface area contributed by atoms with Crippen molar-refractivity contribution in [2.45, 2.75) is 63.4 Å². The summed E-state index contributed by atoms with van der Waals surface area (Å²) in [4.78, 5) is 64.9. The monoisotopic (exact) mass is 579 g/mol. The number of rotatable bonds is 7. The fourth-order valence-electron chi connectivity index (χ4n) is 7.11. The maximum absolute atomic E-state index is 13.8. The summed E-state index contributed by atoms with van der Waals surface area (Å²) in [6.45, 7) is 3.84. The van der Waals surface area contributed by atoms with Crippen molar-refractivity contribution in [2.24, 2.45) is 34.5 Å². The molecule has 10 nitrogen and oxygen atoms in total. The van der Waals surface area contributed by atoms with Crippen LogP contribution in [-0.4, -0.2) is 83.0 Å². The maximum Gasteiger partial charge on any atom is 0.471 e. The molecule has 216 valence electrons. The molecule has 4 saturated carbocycles. The molecule has 0 aromatic rings. The Morgan fingerprint density at radius 1 is 1.21 bits per heavy atom. The fraction of sp³-hybridized carbons (Fsp3) is 0.792. The quantitative estimate of drug-likeness (QED) is 0.234. The van der Waals surface area contributed by atoms with Gasteiger partial charge in [0.25, 0.3) is 17.4 Å². The number of amides is 5. The lowest BCUT2D eigenvalue weighted by atomic mass is 9.41. The second kappa shape index (κ2) is 9.20. The number of likely N-dealkylation sites (tertiary alicyclic amines) is 1. The molecule has 2 heterocycles. The highest BCUT2D eigenvalue weighted by Gasteiger charge is 2.71. The molecule has 6 rings (SSSR count). The van der Waals surface area contributed by atoms with Crippen molar-refractivity contribution in [3.8, 4) is 0 Å². The number of piperidine rings is 1. The lowest BCUT2D eigenvalue weighted by Crippen LogP contribution is -2.70. The Kier molecular flexibility index (Phi) is 6.58. The molecule has 6 atom stereocenters. The van der Waals surface area contributed by atoms with Crippen LogP contribution in [0.5, 0.6) is 0 Å². The molecule has 6 aliphatic rings. The lowest BCUT2D eigenvalue weighted by Gasteiger charge is -2.65. The van der Waals surface area contributed by atoms with Crippen molar-refractivity contribution in [1.82, 2.24) is 26.0 Å². The molecule has 3 N–H and O–H groups in total. The van der Waals surface area contributed by atoms with E-state index in [1.54, 1.807) is 0 Å². The number of nitrogens with zero attached hydrogens (tertiary/aromatic N) is 2. The Labute approximate surface area is 226 Å². The van der Waals surface area contributed by atoms with Gasteiger partial charge in [-0.05, 0) is 48.9 Å². The summed E-state index contributed by atoms with van der Waals surface area (Å²) in [6.07, 6.45) is -3.34. The zero-order chi connectivity index (χ0) is 28.7. The van der Waals surface area contributed by atoms with Crippen molar-refractivity contribution in [1.29, 1.82) is 0 Å². The Morgan fingerprint density at radius 2 is 1.85 bits per heavy atom. The Hall–Kier alpha value is -2.64. The highest BCUT2D eigenvalue weighted by Crippen LogP contribution is 2.68. The lowest BCUT2D eigenvalue weighted by molar-refractivity contribution is -0.187. The van der Waals surface area contributed by atoms with Crippen LogP contribution in [0.15, 0.2) is 0 Å². The van der Waals surface area contributed by atoms with Crippen molar-refractivity contribution >= 4 is 41.1 Å². The van der Waals surface area contributed by atoms with E-state index in [2.05, 4.69) is 10.7 Å². The van der Waals surface area contributed by atoms with Crippen LogP contribution in [0.25, 0.3) is 0 Å². The van der Waals surface area contributed by atoms with Crippen molar-refractivity contribution < 1.29 is 41.5 Å². The van der Waals surface area contributed by atoms with E-state index in [0.717, 1.165) is 0 Å². The molecule has 39 heavy (non-hydrogen) atoms. The molecule has 0 spiro atoms. The number of carbonyl (C=O) groups excluding carboxylic acids is 5. The molecule has 0 radical (unpaired) electrons. The number of carbonyl (C=O) groups is 5. The number of nitrogens with one attached hydrogen (secondary N) is 3. The van der Waals surface area contributed by atoms with Gasteiger partial charge in [-0.2, -0.15) is 13.2 Å². The van der Waals surface area contributed by atoms with Gasteiger partial charge < -0.3 is 15.5 Å². The summed E-state index contributed by atoms with van der Waals surface area (Å²) in [6, 6.07) is -2.64. The Balaban J connectivity index is 1.38. The van der Waals surface area contributed by atoms with Gasteiger partial charge >= 0.3 is 12.1 Å². The SMILES string of the molecule is CC1(C)[C@@H]2[C@@H](C(=O)NN(C[C@@H]3CCNC3=O)C(=O)[C@H](F)Cl)N(C(=O)[C@@H](NC(=O)C(F)(F)F)C34CC(C3)C4)C[C@@H]21. The van der Waals surface area contributed by atoms with E-state index in [9.17, 15) is 41.5 Å². The highest BCUT2D eigenvalue weighted by atomic mass is 35.5. The molecule has 15 heteroatoms. The van der Waals surface area contributed by atoms with E-state index in [1.807, 2.05) is 19.2 Å². The fourth-order valence-corrected chi connectivity index (χ4v) is 7.23. The standard InChI is InChI=1S/C24H30ClF4N5O5/c1-22(2)12-9-33(19(37)15(23-5-10(6-23)7-23)31-21(39)24(27,28)29)14(13(12)22)18(36)32-34(20(38)16(25)26)8-11-3-4-30-17(11)35/h10-16H,3-9H2,1-2H3,(H,30,35)(H,31,39)(H,32,36)/t10?,11-,12-,13-,14-,15+,16-,23?/m0/s1. The maximum atomic E-state index is 13.8. The molecular formula is C24H30ClF4N5O5. The third-order valence-corrected chi connectivity index (χ3v) is 9.69. The van der Waals surface area contributed by atoms with Crippen LogP contribution in [0.4, 0.5) is 17.6 Å². The van der Waals surface area contributed by atoms with Gasteiger partial charge in [-0.25, -0.2) is 9.40 Å². The molecule has 5 amide bonds. The molecule has 2 saturated heterocycles. The average Bonchev–Trinajstić information content (AvgIpc) is 3.14. The number of hydrogen-bond acceptors (Lipinski definition) is 5. The van der Waals surface area contributed by atoms with E-state index in [4.69, 9.17) is 11.6 Å². The topological polar surface area (TPSA) is 128 Å². The van der Waals surface area contributed by atoms with Gasteiger partial charge in [0.2, 0.25) is 11.8 Å². The second-order valence-corrected chi connectivity index (χ2v) is 12.5. The number of halogens is 5. The van der Waals surface area contributed by atoms with Crippen molar-refractivity contribution in [3.63, 3.8) is 0 Å². The minimum atomic E-state index is -5.19. The first-order valence-corrected chi connectivity index (χ1v) is 13.4. The number of hydrogen-bond donors (Lipinski definition) is 3. The Bertz CT molecular complexity index is 1100. The van der Waals surface area contributed by atoms with E-state index >= 15 is 0 Å². The predicted molar refractivity (Wildman–Crippen MR) is 126 cm³/mol. The first-order chi connectivity index (χ1) is 18.1. The van der Waals surface area contributed by atoms with Crippen LogP contribution in [0.2, 0.25) is 0 Å². The molecule has 0 aromatic carbocycles. The first kappa shape index (κ1) is 27.9. The predicted octanol–water partition coefficient (Wildman–Crippen LogP) is 0.847. The third kappa shape index (κ3) is 4.61. The zero-order valence-electron chi connectivity index (χ0n) is 21.3. The largest absolute Gasteiger partial charge is 0.471 e.